The Kier molecular flexibility index (Phi) is 3.68. The molecule has 1 aliphatic rings. The zero-order valence-electron chi connectivity index (χ0n) is 10.8. The highest BCUT2D eigenvalue weighted by Crippen LogP contribution is 2.48. The second-order valence-electron chi connectivity index (χ2n) is 4.46. The topological polar surface area (TPSA) is 60.5 Å². The smallest absolute Gasteiger partial charge is 0.131 e. The van der Waals surface area contributed by atoms with Crippen molar-refractivity contribution in [2.24, 2.45) is 8.73 Å². The Balaban J connectivity index is 2.11. The Bertz CT molecular complexity index is 864. The van der Waals surface area contributed by atoms with E-state index in [9.17, 15) is 5.26 Å². The van der Waals surface area contributed by atoms with Crippen molar-refractivity contribution in [3.8, 4) is 6.07 Å². The van der Waals surface area contributed by atoms with Crippen molar-refractivity contribution in [3.63, 3.8) is 0 Å². The lowest BCUT2D eigenvalue weighted by atomic mass is 10.1. The van der Waals surface area contributed by atoms with E-state index in [0.29, 0.717) is 38.4 Å². The first-order chi connectivity index (χ1) is 10.1. The van der Waals surface area contributed by atoms with Crippen LogP contribution in [-0.4, -0.2) is 0 Å². The minimum Gasteiger partial charge on any atom is -0.351 e. The summed E-state index contributed by atoms with van der Waals surface area (Å²) < 4.78 is 8.38. The number of halogens is 2. The van der Waals surface area contributed by atoms with Gasteiger partial charge in [0.1, 0.15) is 17.4 Å². The largest absolute Gasteiger partial charge is 0.351 e. The summed E-state index contributed by atoms with van der Waals surface area (Å²) in [5.74, 6) is 0. The molecule has 2 aromatic carbocycles. The van der Waals surface area contributed by atoms with Gasteiger partial charge in [-0.1, -0.05) is 29.3 Å². The summed E-state index contributed by atoms with van der Waals surface area (Å²) in [5, 5.41) is 13.3. The Morgan fingerprint density at radius 3 is 2.67 bits per heavy atom. The zero-order valence-corrected chi connectivity index (χ0v) is 13.1. The highest BCUT2D eigenvalue weighted by Gasteiger charge is 2.19. The van der Waals surface area contributed by atoms with E-state index in [4.69, 9.17) is 23.2 Å². The standard InChI is InChI=1S/C14H8Cl2N4S/c1-7-2-3-11(8(4-7)6-17)18-12-9(15)5-10(16)13-14(12)20-21-19-13/h2-5,18H,1H3. The van der Waals surface area contributed by atoms with Crippen LogP contribution >= 0.6 is 23.2 Å². The van der Waals surface area contributed by atoms with E-state index >= 15 is 0 Å². The van der Waals surface area contributed by atoms with Crippen LogP contribution in [0.3, 0.4) is 0 Å². The minimum absolute atomic E-state index is 0.435. The molecule has 1 N–H and O–H groups in total. The number of fused-ring (bicyclic) bond motifs is 1. The van der Waals surface area contributed by atoms with Gasteiger partial charge in [0.25, 0.3) is 0 Å². The molecule has 0 unspecified atom stereocenters. The number of nitrogens with one attached hydrogen (secondary N) is 1. The predicted molar refractivity (Wildman–Crippen MR) is 87.2 cm³/mol. The Labute approximate surface area is 135 Å². The molecule has 7 heteroatoms. The Hall–Kier alpha value is -1.87. The van der Waals surface area contributed by atoms with Gasteiger partial charge in [-0.25, -0.2) is 0 Å². The second kappa shape index (κ2) is 5.49. The van der Waals surface area contributed by atoms with Crippen LogP contribution in [0.25, 0.3) is 0 Å². The van der Waals surface area contributed by atoms with E-state index in [1.165, 1.54) is 0 Å². The van der Waals surface area contributed by atoms with Crippen LogP contribution in [0.2, 0.25) is 10.0 Å². The van der Waals surface area contributed by atoms with Gasteiger partial charge in [-0.15, -0.1) is 0 Å². The van der Waals surface area contributed by atoms with Crippen molar-refractivity contribution in [1.82, 2.24) is 0 Å². The first-order valence-electron chi connectivity index (χ1n) is 5.98. The summed E-state index contributed by atoms with van der Waals surface area (Å²) in [5.41, 5.74) is 4.02. The number of benzene rings is 2. The lowest BCUT2D eigenvalue weighted by molar-refractivity contribution is 1.40. The van der Waals surface area contributed by atoms with E-state index in [2.05, 4.69) is 20.1 Å². The van der Waals surface area contributed by atoms with E-state index < -0.39 is 0 Å². The van der Waals surface area contributed by atoms with Crippen molar-refractivity contribution in [2.75, 3.05) is 5.32 Å². The molecule has 0 bridgehead atoms. The van der Waals surface area contributed by atoms with Crippen molar-refractivity contribution >= 4 is 57.3 Å². The SMILES string of the molecule is Cc1ccc(Nc2c(Cl)cc(Cl)c3c2N=S=N3)c(C#N)c1. The fraction of sp³-hybridized carbons (Fsp3) is 0.0714. The second-order valence-corrected chi connectivity index (χ2v) is 5.81. The molecule has 3 rings (SSSR count). The van der Waals surface area contributed by atoms with Crippen LogP contribution in [0.1, 0.15) is 11.1 Å². The summed E-state index contributed by atoms with van der Waals surface area (Å²) in [6.07, 6.45) is 0. The van der Waals surface area contributed by atoms with Crippen LogP contribution in [0.5, 0.6) is 0 Å². The van der Waals surface area contributed by atoms with Crippen molar-refractivity contribution in [2.45, 2.75) is 6.92 Å². The molecule has 0 saturated heterocycles. The van der Waals surface area contributed by atoms with E-state index in [0.717, 1.165) is 16.9 Å². The molecule has 0 radical (unpaired) electrons. The molecule has 0 saturated carbocycles. The molecule has 0 fully saturated rings. The first-order valence-corrected chi connectivity index (χ1v) is 7.47. The summed E-state index contributed by atoms with van der Waals surface area (Å²) in [4.78, 5) is 0. The van der Waals surface area contributed by atoms with Crippen molar-refractivity contribution in [3.05, 3.63) is 45.4 Å². The number of nitriles is 1. The van der Waals surface area contributed by atoms with Crippen LogP contribution in [0.4, 0.5) is 22.7 Å². The van der Waals surface area contributed by atoms with Gasteiger partial charge in [-0.3, -0.25) is 0 Å². The predicted octanol–water partition coefficient (Wildman–Crippen LogP) is 5.64. The molecule has 0 atom stereocenters. The van der Waals surface area contributed by atoms with Gasteiger partial charge in [0.15, 0.2) is 0 Å². The van der Waals surface area contributed by atoms with Gasteiger partial charge in [0.05, 0.1) is 38.3 Å². The van der Waals surface area contributed by atoms with Gasteiger partial charge in [-0.2, -0.15) is 14.0 Å². The lowest BCUT2D eigenvalue weighted by Crippen LogP contribution is -1.95. The summed E-state index contributed by atoms with van der Waals surface area (Å²) in [6.45, 7) is 1.93. The zero-order chi connectivity index (χ0) is 15.0. The number of hydrogen-bond acceptors (Lipinski definition) is 4. The van der Waals surface area contributed by atoms with Gasteiger partial charge < -0.3 is 5.32 Å². The Morgan fingerprint density at radius 2 is 1.90 bits per heavy atom. The maximum absolute atomic E-state index is 9.24. The van der Waals surface area contributed by atoms with Crippen LogP contribution in [0.15, 0.2) is 33.0 Å². The molecule has 4 nitrogen and oxygen atoms in total. The van der Waals surface area contributed by atoms with Gasteiger partial charge in [0.2, 0.25) is 0 Å². The third-order valence-electron chi connectivity index (χ3n) is 3.00. The number of rotatable bonds is 2. The molecule has 0 amide bonds. The number of aryl methyl sites for hydroxylation is 1. The third-order valence-corrected chi connectivity index (χ3v) is 4.11. The maximum Gasteiger partial charge on any atom is 0.131 e. The summed E-state index contributed by atoms with van der Waals surface area (Å²) >= 11 is 13.4. The highest BCUT2D eigenvalue weighted by atomic mass is 35.5. The van der Waals surface area contributed by atoms with Gasteiger partial charge in [0, 0.05) is 0 Å². The molecule has 1 aliphatic heterocycles. The van der Waals surface area contributed by atoms with Crippen molar-refractivity contribution in [1.29, 1.82) is 5.26 Å². The number of hydrogen-bond donors (Lipinski definition) is 1. The molecule has 1 heterocycles. The molecule has 2 aromatic rings. The average molecular weight is 335 g/mol. The molecule has 0 aromatic heterocycles. The monoisotopic (exact) mass is 334 g/mol. The maximum atomic E-state index is 9.24. The average Bonchev–Trinajstić information content (AvgIpc) is 2.94. The summed E-state index contributed by atoms with van der Waals surface area (Å²) in [7, 11) is 0. The highest BCUT2D eigenvalue weighted by molar-refractivity contribution is 7.58. The minimum atomic E-state index is 0.435. The molecule has 104 valence electrons. The molecular weight excluding hydrogens is 327 g/mol. The van der Waals surface area contributed by atoms with Crippen molar-refractivity contribution < 1.29 is 0 Å². The number of anilines is 2. The fourth-order valence-electron chi connectivity index (χ4n) is 1.99. The normalized spacial score (nSPS) is 11.7. The first kappa shape index (κ1) is 14.1. The van der Waals surface area contributed by atoms with Gasteiger partial charge >= 0.3 is 0 Å². The Morgan fingerprint density at radius 1 is 1.14 bits per heavy atom. The van der Waals surface area contributed by atoms with Gasteiger partial charge in [-0.05, 0) is 30.7 Å². The van der Waals surface area contributed by atoms with Crippen LogP contribution < -0.4 is 5.32 Å². The third kappa shape index (κ3) is 2.54. The molecule has 0 spiro atoms. The van der Waals surface area contributed by atoms with E-state index in [1.54, 1.807) is 6.07 Å². The quantitative estimate of drug-likeness (QED) is 0.658. The van der Waals surface area contributed by atoms with Crippen LogP contribution in [-0.2, 0) is 11.4 Å². The molecule has 21 heavy (non-hydrogen) atoms. The molecule has 0 aliphatic carbocycles. The van der Waals surface area contributed by atoms with Crippen LogP contribution in [0, 0.1) is 18.3 Å². The lowest BCUT2D eigenvalue weighted by Gasteiger charge is -2.13. The summed E-state index contributed by atoms with van der Waals surface area (Å²) in [6, 6.07) is 9.35. The van der Waals surface area contributed by atoms with E-state index in [-0.39, 0.29) is 0 Å². The van der Waals surface area contributed by atoms with E-state index in [1.807, 2.05) is 25.1 Å². The fourth-order valence-corrected chi connectivity index (χ4v) is 3.15. The molecular formula is C14H8Cl2N4S. The number of nitrogens with zero attached hydrogens (tertiary/aromatic N) is 3.